The molecule has 0 radical (unpaired) electrons. The second-order valence-electron chi connectivity index (χ2n) is 11.5. The Bertz CT molecular complexity index is 1390. The second kappa shape index (κ2) is 12.0. The molecular weight excluding hydrogens is 524 g/mol. The number of carbonyl (C=O) groups excluding carboxylic acids is 2. The summed E-state index contributed by atoms with van der Waals surface area (Å²) in [5.41, 5.74) is 5.21. The fourth-order valence-corrected chi connectivity index (χ4v) is 5.59. The summed E-state index contributed by atoms with van der Waals surface area (Å²) >= 11 is 1.48. The van der Waals surface area contributed by atoms with Gasteiger partial charge in [0.05, 0.1) is 24.0 Å². The molecule has 0 atom stereocenters. The number of rotatable bonds is 7. The molecule has 0 unspecified atom stereocenters. The van der Waals surface area contributed by atoms with E-state index in [4.69, 9.17) is 4.74 Å². The van der Waals surface area contributed by atoms with Crippen LogP contribution in [0.5, 0.6) is 5.75 Å². The van der Waals surface area contributed by atoms with Gasteiger partial charge in [-0.1, -0.05) is 50.9 Å². The summed E-state index contributed by atoms with van der Waals surface area (Å²) in [6.45, 7) is 10.2. The minimum Gasteiger partial charge on any atom is -0.492 e. The minimum atomic E-state index is -0.195. The number of ether oxygens (including phenoxy) is 1. The lowest BCUT2D eigenvalue weighted by Gasteiger charge is -2.36. The number of carbonyl (C=O) groups is 2. The minimum absolute atomic E-state index is 0.0564. The lowest BCUT2D eigenvalue weighted by Crippen LogP contribution is -2.51. The highest BCUT2D eigenvalue weighted by Crippen LogP contribution is 2.40. The zero-order chi connectivity index (χ0) is 29.2. The summed E-state index contributed by atoms with van der Waals surface area (Å²) in [6, 6.07) is 12.3. The number of piperazine rings is 1. The van der Waals surface area contributed by atoms with Gasteiger partial charge in [0.1, 0.15) is 5.69 Å². The van der Waals surface area contributed by atoms with Gasteiger partial charge in [0.2, 0.25) is 0 Å². The van der Waals surface area contributed by atoms with Gasteiger partial charge < -0.3 is 29.1 Å². The number of nitrogens with one attached hydrogen (secondary N) is 2. The summed E-state index contributed by atoms with van der Waals surface area (Å²) in [6.07, 6.45) is 1.96. The summed E-state index contributed by atoms with van der Waals surface area (Å²) < 4.78 is 11.0. The first-order chi connectivity index (χ1) is 18.9. The maximum atomic E-state index is 13.7. The van der Waals surface area contributed by atoms with E-state index in [1.165, 1.54) is 11.9 Å². The number of amides is 3. The van der Waals surface area contributed by atoms with Crippen LogP contribution >= 0.6 is 11.9 Å². The van der Waals surface area contributed by atoms with Gasteiger partial charge in [0.15, 0.2) is 5.75 Å². The van der Waals surface area contributed by atoms with Gasteiger partial charge in [0.25, 0.3) is 5.91 Å². The number of benzene rings is 2. The smallest absolute Gasteiger partial charge is 0.319 e. The van der Waals surface area contributed by atoms with Crippen LogP contribution in [-0.4, -0.2) is 84.8 Å². The van der Waals surface area contributed by atoms with Gasteiger partial charge in [0, 0.05) is 65.5 Å². The zero-order valence-corrected chi connectivity index (χ0v) is 25.7. The Kier molecular flexibility index (Phi) is 8.90. The number of aromatic nitrogens is 1. The molecule has 0 bridgehead atoms. The molecule has 4 rings (SSSR count). The molecule has 0 spiro atoms. The molecule has 2 N–H and O–H groups in total. The maximum absolute atomic E-state index is 13.7. The zero-order valence-electron chi connectivity index (χ0n) is 24.9. The van der Waals surface area contributed by atoms with Crippen LogP contribution in [0.2, 0.25) is 0 Å². The number of para-hydroxylation sites is 1. The van der Waals surface area contributed by atoms with Crippen molar-refractivity contribution in [1.29, 1.82) is 0 Å². The van der Waals surface area contributed by atoms with Gasteiger partial charge in [-0.15, -0.1) is 0 Å². The van der Waals surface area contributed by atoms with E-state index in [-0.39, 0.29) is 17.4 Å². The van der Waals surface area contributed by atoms with Crippen LogP contribution in [0.1, 0.15) is 42.4 Å². The van der Waals surface area contributed by atoms with E-state index >= 15 is 0 Å². The Morgan fingerprint density at radius 3 is 2.33 bits per heavy atom. The monoisotopic (exact) mass is 566 g/mol. The average molecular weight is 567 g/mol. The first kappa shape index (κ1) is 29.6. The predicted molar refractivity (Wildman–Crippen MR) is 166 cm³/mol. The number of anilines is 2. The van der Waals surface area contributed by atoms with Gasteiger partial charge in [-0.2, -0.15) is 0 Å². The Balaban J connectivity index is 1.60. The molecule has 9 nitrogen and oxygen atoms in total. The van der Waals surface area contributed by atoms with E-state index in [2.05, 4.69) is 47.8 Å². The van der Waals surface area contributed by atoms with E-state index in [0.29, 0.717) is 30.2 Å². The first-order valence-corrected chi connectivity index (χ1v) is 14.8. The summed E-state index contributed by atoms with van der Waals surface area (Å²) in [5, 5.41) is 4.15. The molecule has 216 valence electrons. The van der Waals surface area contributed by atoms with E-state index in [9.17, 15) is 9.59 Å². The molecule has 1 aliphatic rings. The topological polar surface area (TPSA) is 82.1 Å². The highest BCUT2D eigenvalue weighted by molar-refractivity contribution is 7.99. The lowest BCUT2D eigenvalue weighted by atomic mass is 9.86. The van der Waals surface area contributed by atoms with Crippen molar-refractivity contribution in [1.82, 2.24) is 19.3 Å². The fraction of sp³-hybridized carbons (Fsp3) is 0.467. The second-order valence-corrected chi connectivity index (χ2v) is 12.1. The van der Waals surface area contributed by atoms with Crippen molar-refractivity contribution < 1.29 is 14.3 Å². The molecule has 2 heterocycles. The molecule has 10 heteroatoms. The third-order valence-electron chi connectivity index (χ3n) is 7.41. The summed E-state index contributed by atoms with van der Waals surface area (Å²) in [5.74, 6) is 0.405. The maximum Gasteiger partial charge on any atom is 0.319 e. The largest absolute Gasteiger partial charge is 0.492 e. The SMILES string of the molecule is COc1c(NSC)cc(C(C)(C)C)cc1NC(=O)c1cc2cccc(CN3CCN(C(=O)N(C)C)CC3)c2n1C. The van der Waals surface area contributed by atoms with Crippen LogP contribution in [0.25, 0.3) is 10.9 Å². The van der Waals surface area contributed by atoms with E-state index in [1.807, 2.05) is 47.0 Å². The van der Waals surface area contributed by atoms with E-state index < -0.39 is 0 Å². The summed E-state index contributed by atoms with van der Waals surface area (Å²) in [4.78, 5) is 31.9. The number of urea groups is 1. The molecule has 1 saturated heterocycles. The third-order valence-corrected chi connectivity index (χ3v) is 7.84. The van der Waals surface area contributed by atoms with Crippen molar-refractivity contribution in [3.8, 4) is 5.75 Å². The number of nitrogens with zero attached hydrogens (tertiary/aromatic N) is 4. The van der Waals surface area contributed by atoms with Crippen LogP contribution in [-0.2, 0) is 19.0 Å². The Morgan fingerprint density at radius 2 is 1.73 bits per heavy atom. The molecule has 1 fully saturated rings. The summed E-state index contributed by atoms with van der Waals surface area (Å²) in [7, 11) is 7.14. The van der Waals surface area contributed by atoms with Crippen molar-refractivity contribution >= 4 is 46.2 Å². The third kappa shape index (κ3) is 6.18. The standard InChI is InChI=1S/C30H42N6O3S/c1-30(2,3)22-17-23(27(39-7)24(18-22)32-40-8)31-28(37)25-16-20-10-9-11-21(26(20)34(25)6)19-35-12-14-36(15-13-35)29(38)33(4)5/h9-11,16-18,32H,12-15,19H2,1-8H3,(H,31,37). The Hall–Kier alpha value is -3.37. The highest BCUT2D eigenvalue weighted by Gasteiger charge is 2.25. The van der Waals surface area contributed by atoms with Crippen molar-refractivity contribution in [2.24, 2.45) is 7.05 Å². The first-order valence-electron chi connectivity index (χ1n) is 13.5. The van der Waals surface area contributed by atoms with Crippen LogP contribution < -0.4 is 14.8 Å². The number of hydrogen-bond acceptors (Lipinski definition) is 6. The molecular formula is C30H42N6O3S. The number of aryl methyl sites for hydroxylation is 1. The highest BCUT2D eigenvalue weighted by atomic mass is 32.2. The number of fused-ring (bicyclic) bond motifs is 1. The van der Waals surface area contributed by atoms with Gasteiger partial charge in [-0.25, -0.2) is 4.79 Å². The molecule has 1 aromatic heterocycles. The Labute approximate surface area is 241 Å². The molecule has 3 aromatic rings. The molecule has 1 aliphatic heterocycles. The molecule has 0 aliphatic carbocycles. The van der Waals surface area contributed by atoms with Crippen molar-refractivity contribution in [3.05, 3.63) is 53.2 Å². The molecule has 2 aromatic carbocycles. The van der Waals surface area contributed by atoms with Crippen LogP contribution in [0.4, 0.5) is 16.2 Å². The predicted octanol–water partition coefficient (Wildman–Crippen LogP) is 5.23. The molecule has 0 saturated carbocycles. The average Bonchev–Trinajstić information content (AvgIpc) is 3.25. The van der Waals surface area contributed by atoms with Crippen molar-refractivity contribution in [3.63, 3.8) is 0 Å². The quantitative estimate of drug-likeness (QED) is 0.382. The van der Waals surface area contributed by atoms with Crippen LogP contribution in [0, 0.1) is 0 Å². The van der Waals surface area contributed by atoms with E-state index in [0.717, 1.165) is 47.4 Å². The molecule has 40 heavy (non-hydrogen) atoms. The molecule has 3 amide bonds. The van der Waals surface area contributed by atoms with Gasteiger partial charge >= 0.3 is 6.03 Å². The lowest BCUT2D eigenvalue weighted by molar-refractivity contribution is 0.101. The van der Waals surface area contributed by atoms with Crippen LogP contribution in [0.15, 0.2) is 36.4 Å². The van der Waals surface area contributed by atoms with Crippen LogP contribution in [0.3, 0.4) is 0 Å². The fourth-order valence-electron chi connectivity index (χ4n) is 5.21. The van der Waals surface area contributed by atoms with Crippen molar-refractivity contribution in [2.45, 2.75) is 32.7 Å². The van der Waals surface area contributed by atoms with Gasteiger partial charge in [-0.3, -0.25) is 9.69 Å². The normalized spacial score (nSPS) is 14.3. The van der Waals surface area contributed by atoms with E-state index in [1.54, 1.807) is 26.1 Å². The van der Waals surface area contributed by atoms with Gasteiger partial charge in [-0.05, 0) is 34.7 Å². The van der Waals surface area contributed by atoms with Crippen molar-refractivity contribution in [2.75, 3.05) is 63.7 Å². The number of hydrogen-bond donors (Lipinski definition) is 2. The Morgan fingerprint density at radius 1 is 1.05 bits per heavy atom. The number of methoxy groups -OCH3 is 1.